The average Bonchev–Trinajstić information content (AvgIpc) is 2.69. The van der Waals surface area contributed by atoms with Crippen molar-refractivity contribution < 1.29 is 22.7 Å². The molecule has 0 spiro atoms. The highest BCUT2D eigenvalue weighted by Gasteiger charge is 2.41. The van der Waals surface area contributed by atoms with Crippen molar-refractivity contribution in [1.82, 2.24) is 9.21 Å². The Morgan fingerprint density at radius 1 is 1.19 bits per heavy atom. The largest absolute Gasteiger partial charge is 0.490 e. The van der Waals surface area contributed by atoms with Crippen molar-refractivity contribution in [3.8, 4) is 0 Å². The number of fused-ring (bicyclic) bond motifs is 1. The fourth-order valence-corrected chi connectivity index (χ4v) is 4.94. The van der Waals surface area contributed by atoms with Crippen LogP contribution in [0.5, 0.6) is 0 Å². The zero-order valence-electron chi connectivity index (χ0n) is 15.8. The third kappa shape index (κ3) is 3.68. The van der Waals surface area contributed by atoms with Crippen LogP contribution in [0.4, 0.5) is 0 Å². The predicted octanol–water partition coefficient (Wildman–Crippen LogP) is 2.05. The van der Waals surface area contributed by atoms with Crippen LogP contribution in [0.15, 0.2) is 34.9 Å². The van der Waals surface area contributed by atoms with Gasteiger partial charge in [0.2, 0.25) is 0 Å². The van der Waals surface area contributed by atoms with E-state index in [1.807, 2.05) is 0 Å². The quantitative estimate of drug-likeness (QED) is 0.691. The zero-order chi connectivity index (χ0) is 19.4. The van der Waals surface area contributed by atoms with Crippen molar-refractivity contribution in [2.75, 3.05) is 39.5 Å². The molecule has 1 aromatic carbocycles. The number of sulfonamides is 1. The van der Waals surface area contributed by atoms with Gasteiger partial charge in [-0.1, -0.05) is 25.5 Å². The van der Waals surface area contributed by atoms with Crippen molar-refractivity contribution in [2.45, 2.75) is 31.6 Å². The van der Waals surface area contributed by atoms with Crippen LogP contribution in [0.3, 0.4) is 0 Å². The lowest BCUT2D eigenvalue weighted by atomic mass is 10.1. The topological polar surface area (TPSA) is 76.2 Å². The molecule has 3 rings (SSSR count). The Morgan fingerprint density at radius 3 is 2.56 bits per heavy atom. The number of likely N-dealkylation sites (N-methyl/N-ethyl adjacent to an activating group) is 1. The molecule has 0 N–H and O–H groups in total. The number of hydrogen-bond acceptors (Lipinski definition) is 5. The predicted molar refractivity (Wildman–Crippen MR) is 101 cm³/mol. The molecule has 1 fully saturated rings. The van der Waals surface area contributed by atoms with Crippen LogP contribution < -0.4 is 0 Å². The van der Waals surface area contributed by atoms with Gasteiger partial charge in [-0.2, -0.15) is 0 Å². The number of nitrogens with zero attached hydrogens (tertiary/aromatic N) is 2. The second-order valence-electron chi connectivity index (χ2n) is 6.45. The number of carbonyl (C=O) groups excluding carboxylic acids is 1. The standard InChI is InChI=1S/C19H26N2O5S/c1-3-5-12-26-18-15-8-6-7-9-16(15)27(23,24)21(4-2)17(18)19(22)20-10-13-25-14-11-20/h6-9H,3-5,10-14H2,1-2H3. The number of rotatable bonds is 6. The fraction of sp³-hybridized carbons (Fsp3) is 0.526. The normalized spacial score (nSPS) is 19.0. The van der Waals surface area contributed by atoms with Crippen LogP contribution in [-0.2, 0) is 24.3 Å². The minimum Gasteiger partial charge on any atom is -0.490 e. The summed E-state index contributed by atoms with van der Waals surface area (Å²) in [6, 6.07) is 6.71. The monoisotopic (exact) mass is 394 g/mol. The lowest BCUT2D eigenvalue weighted by molar-refractivity contribution is -0.132. The van der Waals surface area contributed by atoms with Crippen LogP contribution in [0.25, 0.3) is 5.76 Å². The number of unbranched alkanes of at least 4 members (excludes halogenated alkanes) is 1. The van der Waals surface area contributed by atoms with E-state index >= 15 is 0 Å². The van der Waals surface area contributed by atoms with Crippen molar-refractivity contribution in [2.24, 2.45) is 0 Å². The maximum Gasteiger partial charge on any atom is 0.275 e. The Bertz CT molecular complexity index is 828. The van der Waals surface area contributed by atoms with Crippen molar-refractivity contribution in [1.29, 1.82) is 0 Å². The number of amides is 1. The first-order valence-corrected chi connectivity index (χ1v) is 10.8. The smallest absolute Gasteiger partial charge is 0.275 e. The maximum absolute atomic E-state index is 13.3. The first-order chi connectivity index (χ1) is 13.0. The Morgan fingerprint density at radius 2 is 1.89 bits per heavy atom. The number of hydrogen-bond donors (Lipinski definition) is 0. The molecule has 148 valence electrons. The van der Waals surface area contributed by atoms with Gasteiger partial charge in [0.15, 0.2) is 11.5 Å². The van der Waals surface area contributed by atoms with Gasteiger partial charge in [-0.25, -0.2) is 8.42 Å². The first-order valence-electron chi connectivity index (χ1n) is 9.38. The number of morpholine rings is 1. The van der Waals surface area contributed by atoms with E-state index in [9.17, 15) is 13.2 Å². The minimum absolute atomic E-state index is 0.106. The molecule has 27 heavy (non-hydrogen) atoms. The summed E-state index contributed by atoms with van der Waals surface area (Å²) < 4.78 is 38.8. The molecule has 1 aromatic rings. The summed E-state index contributed by atoms with van der Waals surface area (Å²) in [7, 11) is -3.81. The van der Waals surface area contributed by atoms with Gasteiger partial charge in [-0.05, 0) is 25.5 Å². The summed E-state index contributed by atoms with van der Waals surface area (Å²) in [5.74, 6) is 0.0249. The van der Waals surface area contributed by atoms with Crippen LogP contribution in [-0.4, -0.2) is 63.0 Å². The highest BCUT2D eigenvalue weighted by molar-refractivity contribution is 7.89. The van der Waals surface area contributed by atoms with Crippen LogP contribution >= 0.6 is 0 Å². The molecule has 0 saturated carbocycles. The van der Waals surface area contributed by atoms with Gasteiger partial charge in [0, 0.05) is 25.2 Å². The molecular weight excluding hydrogens is 368 g/mol. The molecule has 2 aliphatic rings. The Kier molecular flexibility index (Phi) is 6.06. The highest BCUT2D eigenvalue weighted by atomic mass is 32.2. The summed E-state index contributed by atoms with van der Waals surface area (Å²) in [6.45, 7) is 6.12. The molecular formula is C19H26N2O5S. The van der Waals surface area contributed by atoms with E-state index in [4.69, 9.17) is 9.47 Å². The summed E-state index contributed by atoms with van der Waals surface area (Å²) >= 11 is 0. The second kappa shape index (κ2) is 8.31. The minimum atomic E-state index is -3.81. The Hall–Kier alpha value is -2.06. The van der Waals surface area contributed by atoms with E-state index < -0.39 is 10.0 Å². The summed E-state index contributed by atoms with van der Waals surface area (Å²) in [5.41, 5.74) is 0.559. The molecule has 0 bridgehead atoms. The summed E-state index contributed by atoms with van der Waals surface area (Å²) in [4.78, 5) is 15.1. The van der Waals surface area contributed by atoms with Crippen molar-refractivity contribution >= 4 is 21.7 Å². The van der Waals surface area contributed by atoms with Gasteiger partial charge >= 0.3 is 0 Å². The number of ether oxygens (including phenoxy) is 2. The van der Waals surface area contributed by atoms with Gasteiger partial charge in [0.1, 0.15) is 0 Å². The summed E-state index contributed by atoms with van der Waals surface area (Å²) in [6.07, 6.45) is 1.76. The molecule has 7 nitrogen and oxygen atoms in total. The number of carbonyl (C=O) groups is 1. The molecule has 1 saturated heterocycles. The SMILES string of the molecule is CCCCOC1=C(C(=O)N2CCOCC2)N(CC)S(=O)(=O)c2ccccc21. The van der Waals surface area contributed by atoms with E-state index in [-0.39, 0.29) is 23.0 Å². The van der Waals surface area contributed by atoms with Gasteiger partial charge in [0.25, 0.3) is 15.9 Å². The third-order valence-electron chi connectivity index (χ3n) is 4.70. The maximum atomic E-state index is 13.3. The molecule has 2 aliphatic heterocycles. The van der Waals surface area contributed by atoms with Crippen LogP contribution in [0, 0.1) is 0 Å². The van der Waals surface area contributed by atoms with Crippen LogP contribution in [0.2, 0.25) is 0 Å². The van der Waals surface area contributed by atoms with Gasteiger partial charge in [0.05, 0.1) is 24.7 Å². The zero-order valence-corrected chi connectivity index (χ0v) is 16.6. The molecule has 0 aromatic heterocycles. The van der Waals surface area contributed by atoms with E-state index in [1.165, 1.54) is 4.31 Å². The fourth-order valence-electron chi connectivity index (χ4n) is 3.27. The third-order valence-corrected chi connectivity index (χ3v) is 6.63. The lowest BCUT2D eigenvalue weighted by Gasteiger charge is -2.36. The number of benzene rings is 1. The van der Waals surface area contributed by atoms with E-state index in [0.29, 0.717) is 44.2 Å². The lowest BCUT2D eigenvalue weighted by Crippen LogP contribution is -2.47. The van der Waals surface area contributed by atoms with E-state index in [1.54, 1.807) is 36.1 Å². The second-order valence-corrected chi connectivity index (χ2v) is 8.28. The molecule has 2 heterocycles. The molecule has 0 radical (unpaired) electrons. The molecule has 8 heteroatoms. The molecule has 0 unspecified atom stereocenters. The van der Waals surface area contributed by atoms with Gasteiger partial charge in [-0.15, -0.1) is 0 Å². The van der Waals surface area contributed by atoms with Crippen molar-refractivity contribution in [3.05, 3.63) is 35.5 Å². The summed E-state index contributed by atoms with van der Waals surface area (Å²) in [5, 5.41) is 0. The average molecular weight is 394 g/mol. The first kappa shape index (κ1) is 19.7. The van der Waals surface area contributed by atoms with Gasteiger partial charge < -0.3 is 14.4 Å². The molecule has 0 atom stereocenters. The van der Waals surface area contributed by atoms with Crippen molar-refractivity contribution in [3.63, 3.8) is 0 Å². The Labute approximate surface area is 160 Å². The molecule has 0 aliphatic carbocycles. The van der Waals surface area contributed by atoms with E-state index in [2.05, 4.69) is 6.92 Å². The van der Waals surface area contributed by atoms with E-state index in [0.717, 1.165) is 12.8 Å². The van der Waals surface area contributed by atoms with Crippen LogP contribution in [0.1, 0.15) is 32.3 Å². The van der Waals surface area contributed by atoms with Gasteiger partial charge in [-0.3, -0.25) is 9.10 Å². The highest BCUT2D eigenvalue weighted by Crippen LogP contribution is 2.38. The molecule has 1 amide bonds. The Balaban J connectivity index is 2.14.